The fourth-order valence-electron chi connectivity index (χ4n) is 2.87. The molecule has 0 spiro atoms. The molecule has 2 aromatic carbocycles. The minimum atomic E-state index is -0.122. The molecule has 28 heavy (non-hydrogen) atoms. The molecule has 0 aliphatic heterocycles. The normalized spacial score (nSPS) is 10.6. The SMILES string of the molecule is C=CCN(C(=O)c1cccc(-n2cccn2)c1)c1nc(-c2ccccc2)cs1. The third-order valence-corrected chi connectivity index (χ3v) is 5.07. The van der Waals surface area contributed by atoms with Crippen LogP contribution in [0.4, 0.5) is 5.13 Å². The second-order valence-electron chi connectivity index (χ2n) is 6.09. The number of carbonyl (C=O) groups excluding carboxylic acids is 1. The molecule has 1 amide bonds. The van der Waals surface area contributed by atoms with Gasteiger partial charge >= 0.3 is 0 Å². The van der Waals surface area contributed by atoms with Gasteiger partial charge in [0.1, 0.15) is 0 Å². The minimum absolute atomic E-state index is 0.122. The Morgan fingerprint density at radius 1 is 1.14 bits per heavy atom. The van der Waals surface area contributed by atoms with E-state index < -0.39 is 0 Å². The van der Waals surface area contributed by atoms with Gasteiger partial charge in [-0.1, -0.05) is 42.5 Å². The summed E-state index contributed by atoms with van der Waals surface area (Å²) in [6, 6.07) is 19.2. The van der Waals surface area contributed by atoms with Crippen LogP contribution in [0.5, 0.6) is 0 Å². The third kappa shape index (κ3) is 3.63. The number of rotatable bonds is 6. The molecule has 5 nitrogen and oxygen atoms in total. The van der Waals surface area contributed by atoms with E-state index in [1.807, 2.05) is 66.2 Å². The van der Waals surface area contributed by atoms with Gasteiger partial charge in [-0.25, -0.2) is 9.67 Å². The van der Waals surface area contributed by atoms with Crippen molar-refractivity contribution in [3.63, 3.8) is 0 Å². The number of hydrogen-bond acceptors (Lipinski definition) is 4. The van der Waals surface area contributed by atoms with Gasteiger partial charge in [0.25, 0.3) is 5.91 Å². The molecule has 0 saturated carbocycles. The Bertz CT molecular complexity index is 1090. The summed E-state index contributed by atoms with van der Waals surface area (Å²) in [6.45, 7) is 4.18. The topological polar surface area (TPSA) is 51.0 Å². The molecule has 0 saturated heterocycles. The number of amides is 1. The first kappa shape index (κ1) is 17.9. The first-order valence-corrected chi connectivity index (χ1v) is 9.68. The lowest BCUT2D eigenvalue weighted by molar-refractivity contribution is 0.0989. The van der Waals surface area contributed by atoms with E-state index in [0.717, 1.165) is 16.9 Å². The number of thiazole rings is 1. The van der Waals surface area contributed by atoms with Crippen LogP contribution < -0.4 is 4.90 Å². The largest absolute Gasteiger partial charge is 0.280 e. The molecule has 0 bridgehead atoms. The van der Waals surface area contributed by atoms with Gasteiger partial charge in [0.2, 0.25) is 0 Å². The molecule has 4 aromatic rings. The molecule has 0 aliphatic carbocycles. The van der Waals surface area contributed by atoms with Crippen molar-refractivity contribution < 1.29 is 4.79 Å². The first-order valence-electron chi connectivity index (χ1n) is 8.80. The molecule has 2 aromatic heterocycles. The summed E-state index contributed by atoms with van der Waals surface area (Å²) in [6.07, 6.45) is 5.26. The van der Waals surface area contributed by atoms with Crippen LogP contribution in [-0.4, -0.2) is 27.2 Å². The Hall–Kier alpha value is -3.51. The first-order chi connectivity index (χ1) is 13.8. The molecule has 2 heterocycles. The van der Waals surface area contributed by atoms with Gasteiger partial charge in [-0.3, -0.25) is 9.69 Å². The molecule has 6 heteroatoms. The lowest BCUT2D eigenvalue weighted by atomic mass is 10.1. The number of anilines is 1. The van der Waals surface area contributed by atoms with E-state index in [1.165, 1.54) is 11.3 Å². The van der Waals surface area contributed by atoms with Crippen molar-refractivity contribution in [1.29, 1.82) is 0 Å². The molecular formula is C22H18N4OS. The van der Waals surface area contributed by atoms with Crippen molar-refractivity contribution >= 4 is 22.4 Å². The van der Waals surface area contributed by atoms with Gasteiger partial charge in [-0.2, -0.15) is 5.10 Å². The maximum absolute atomic E-state index is 13.2. The summed E-state index contributed by atoms with van der Waals surface area (Å²) in [5, 5.41) is 6.84. The summed E-state index contributed by atoms with van der Waals surface area (Å²) in [5.74, 6) is -0.122. The second-order valence-corrected chi connectivity index (χ2v) is 6.92. The number of hydrogen-bond donors (Lipinski definition) is 0. The Labute approximate surface area is 167 Å². The van der Waals surface area contributed by atoms with Crippen LogP contribution in [0.25, 0.3) is 16.9 Å². The Kier molecular flexibility index (Phi) is 5.12. The zero-order valence-corrected chi connectivity index (χ0v) is 15.9. The van der Waals surface area contributed by atoms with Crippen LogP contribution in [0.2, 0.25) is 0 Å². The van der Waals surface area contributed by atoms with Crippen molar-refractivity contribution in [2.24, 2.45) is 0 Å². The summed E-state index contributed by atoms with van der Waals surface area (Å²) < 4.78 is 1.73. The van der Waals surface area contributed by atoms with Gasteiger partial charge in [-0.05, 0) is 24.3 Å². The monoisotopic (exact) mass is 386 g/mol. The Morgan fingerprint density at radius 2 is 2.00 bits per heavy atom. The van der Waals surface area contributed by atoms with Gasteiger partial charge in [0.15, 0.2) is 5.13 Å². The fourth-order valence-corrected chi connectivity index (χ4v) is 3.71. The highest BCUT2D eigenvalue weighted by atomic mass is 32.1. The predicted octanol–water partition coefficient (Wildman–Crippen LogP) is 4.83. The highest BCUT2D eigenvalue weighted by Gasteiger charge is 2.20. The van der Waals surface area contributed by atoms with Crippen LogP contribution in [0.3, 0.4) is 0 Å². The molecule has 0 aliphatic rings. The Balaban J connectivity index is 1.65. The standard InChI is InChI=1S/C22H18N4OS/c1-2-13-25(22-24-20(16-28-22)17-8-4-3-5-9-17)21(27)18-10-6-11-19(15-18)26-14-7-12-23-26/h2-12,14-16H,1,13H2. The van der Waals surface area contributed by atoms with Crippen molar-refractivity contribution in [2.45, 2.75) is 0 Å². The van der Waals surface area contributed by atoms with E-state index in [0.29, 0.717) is 17.2 Å². The van der Waals surface area contributed by atoms with Crippen LogP contribution >= 0.6 is 11.3 Å². The predicted molar refractivity (Wildman–Crippen MR) is 113 cm³/mol. The zero-order chi connectivity index (χ0) is 19.3. The van der Waals surface area contributed by atoms with Gasteiger partial charge in [0.05, 0.1) is 11.4 Å². The quantitative estimate of drug-likeness (QED) is 0.446. The highest BCUT2D eigenvalue weighted by Crippen LogP contribution is 2.28. The second kappa shape index (κ2) is 8.02. The molecule has 0 atom stereocenters. The summed E-state index contributed by atoms with van der Waals surface area (Å²) >= 11 is 1.45. The lowest BCUT2D eigenvalue weighted by Crippen LogP contribution is -2.31. The maximum Gasteiger partial charge on any atom is 0.260 e. The van der Waals surface area contributed by atoms with Crippen molar-refractivity contribution in [3.05, 3.63) is 96.7 Å². The van der Waals surface area contributed by atoms with Gasteiger partial charge in [-0.15, -0.1) is 17.9 Å². The van der Waals surface area contributed by atoms with E-state index in [9.17, 15) is 4.79 Å². The number of benzene rings is 2. The van der Waals surface area contributed by atoms with E-state index in [2.05, 4.69) is 16.7 Å². The number of aromatic nitrogens is 3. The van der Waals surface area contributed by atoms with Crippen LogP contribution in [0.1, 0.15) is 10.4 Å². The highest BCUT2D eigenvalue weighted by molar-refractivity contribution is 7.14. The fraction of sp³-hybridized carbons (Fsp3) is 0.0455. The zero-order valence-electron chi connectivity index (χ0n) is 15.1. The van der Waals surface area contributed by atoms with Gasteiger partial charge in [0, 0.05) is 35.4 Å². The van der Waals surface area contributed by atoms with Crippen LogP contribution in [0, 0.1) is 0 Å². The van der Waals surface area contributed by atoms with E-state index in [4.69, 9.17) is 0 Å². The summed E-state index contributed by atoms with van der Waals surface area (Å²) in [5.41, 5.74) is 3.29. The minimum Gasteiger partial charge on any atom is -0.280 e. The molecule has 138 valence electrons. The number of nitrogens with zero attached hydrogens (tertiary/aromatic N) is 4. The summed E-state index contributed by atoms with van der Waals surface area (Å²) in [7, 11) is 0. The van der Waals surface area contributed by atoms with E-state index in [-0.39, 0.29) is 5.91 Å². The van der Waals surface area contributed by atoms with Crippen molar-refractivity contribution in [1.82, 2.24) is 14.8 Å². The molecule has 4 rings (SSSR count). The average molecular weight is 386 g/mol. The van der Waals surface area contributed by atoms with Crippen LogP contribution in [-0.2, 0) is 0 Å². The van der Waals surface area contributed by atoms with E-state index >= 15 is 0 Å². The average Bonchev–Trinajstić information content (AvgIpc) is 3.45. The van der Waals surface area contributed by atoms with Gasteiger partial charge < -0.3 is 0 Å². The molecule has 0 fully saturated rings. The number of carbonyl (C=O) groups is 1. The maximum atomic E-state index is 13.2. The van der Waals surface area contributed by atoms with Crippen LogP contribution in [0.15, 0.2) is 91.1 Å². The third-order valence-electron chi connectivity index (χ3n) is 4.21. The summed E-state index contributed by atoms with van der Waals surface area (Å²) in [4.78, 5) is 19.5. The lowest BCUT2D eigenvalue weighted by Gasteiger charge is -2.18. The van der Waals surface area contributed by atoms with Crippen molar-refractivity contribution in [2.75, 3.05) is 11.4 Å². The van der Waals surface area contributed by atoms with Crippen molar-refractivity contribution in [3.8, 4) is 16.9 Å². The molecular weight excluding hydrogens is 368 g/mol. The smallest absolute Gasteiger partial charge is 0.260 e. The molecule has 0 radical (unpaired) electrons. The Morgan fingerprint density at radius 3 is 2.75 bits per heavy atom. The molecule has 0 unspecified atom stereocenters. The molecule has 0 N–H and O–H groups in total. The van der Waals surface area contributed by atoms with E-state index in [1.54, 1.807) is 27.9 Å².